The fourth-order valence-electron chi connectivity index (χ4n) is 3.09. The number of rotatable bonds is 3. The van der Waals surface area contributed by atoms with Crippen LogP contribution in [0.15, 0.2) is 61.1 Å². The van der Waals surface area contributed by atoms with Gasteiger partial charge < -0.3 is 4.90 Å². The van der Waals surface area contributed by atoms with Crippen LogP contribution in [0.5, 0.6) is 0 Å². The van der Waals surface area contributed by atoms with Crippen molar-refractivity contribution in [1.82, 2.24) is 14.8 Å². The van der Waals surface area contributed by atoms with Crippen molar-refractivity contribution in [3.05, 3.63) is 77.9 Å². The molecule has 0 aliphatic carbocycles. The lowest BCUT2D eigenvalue weighted by atomic mass is 10.1. The van der Waals surface area contributed by atoms with Gasteiger partial charge in [-0.25, -0.2) is 0 Å². The van der Waals surface area contributed by atoms with E-state index in [4.69, 9.17) is 0 Å². The smallest absolute Gasteiger partial charge is 0.261 e. The van der Waals surface area contributed by atoms with Gasteiger partial charge in [0.1, 0.15) is 0 Å². The maximum atomic E-state index is 12.9. The Balaban J connectivity index is 1.56. The maximum absolute atomic E-state index is 12.9. The Kier molecular flexibility index (Phi) is 3.83. The molecule has 0 N–H and O–H groups in total. The number of pyridine rings is 1. The Hall–Kier alpha value is -2.95. The molecular formula is C19H18N4O. The van der Waals surface area contributed by atoms with Gasteiger partial charge in [0.25, 0.3) is 5.91 Å². The summed E-state index contributed by atoms with van der Waals surface area (Å²) in [6.07, 6.45) is 7.11. The molecule has 5 heteroatoms. The van der Waals surface area contributed by atoms with Crippen molar-refractivity contribution in [2.75, 3.05) is 11.4 Å². The predicted octanol–water partition coefficient (Wildman–Crippen LogP) is 2.92. The number of hydrogen-bond donors (Lipinski definition) is 0. The van der Waals surface area contributed by atoms with Crippen molar-refractivity contribution in [1.29, 1.82) is 0 Å². The van der Waals surface area contributed by atoms with Crippen LogP contribution in [0.4, 0.5) is 5.69 Å². The van der Waals surface area contributed by atoms with E-state index in [0.29, 0.717) is 12.1 Å². The summed E-state index contributed by atoms with van der Waals surface area (Å²) in [6, 6.07) is 13.9. The Morgan fingerprint density at radius 3 is 2.88 bits per heavy atom. The molecule has 1 aliphatic rings. The van der Waals surface area contributed by atoms with Crippen LogP contribution in [0, 0.1) is 0 Å². The highest BCUT2D eigenvalue weighted by atomic mass is 16.2. The minimum Gasteiger partial charge on any atom is -0.306 e. The number of amides is 1. The van der Waals surface area contributed by atoms with Crippen LogP contribution >= 0.6 is 0 Å². The SMILES string of the molecule is O=C(c1cnn(Cc2ccccc2)c1)N1CCCc2ncccc21. The molecule has 0 saturated carbocycles. The molecule has 0 atom stereocenters. The van der Waals surface area contributed by atoms with Gasteiger partial charge in [0, 0.05) is 18.9 Å². The first-order valence-corrected chi connectivity index (χ1v) is 8.13. The third kappa shape index (κ3) is 2.80. The summed E-state index contributed by atoms with van der Waals surface area (Å²) in [7, 11) is 0. The van der Waals surface area contributed by atoms with Crippen molar-refractivity contribution < 1.29 is 4.79 Å². The number of nitrogens with zero attached hydrogens (tertiary/aromatic N) is 4. The molecule has 1 amide bonds. The molecule has 0 spiro atoms. The molecule has 120 valence electrons. The molecule has 24 heavy (non-hydrogen) atoms. The standard InChI is InChI=1S/C19H18N4O/c24-19(23-11-5-8-17-18(23)9-4-10-20-17)16-12-21-22(14-16)13-15-6-2-1-3-7-15/h1-4,6-7,9-10,12,14H,5,8,11,13H2. The van der Waals surface area contributed by atoms with E-state index in [-0.39, 0.29) is 5.91 Å². The quantitative estimate of drug-likeness (QED) is 0.746. The molecule has 2 aromatic heterocycles. The molecule has 5 nitrogen and oxygen atoms in total. The van der Waals surface area contributed by atoms with Crippen LogP contribution in [0.3, 0.4) is 0 Å². The highest BCUT2D eigenvalue weighted by Crippen LogP contribution is 2.26. The molecule has 0 bridgehead atoms. The summed E-state index contributed by atoms with van der Waals surface area (Å²) in [5.74, 6) is -0.0109. The minimum atomic E-state index is -0.0109. The van der Waals surface area contributed by atoms with E-state index in [9.17, 15) is 4.79 Å². The summed E-state index contributed by atoms with van der Waals surface area (Å²) >= 11 is 0. The summed E-state index contributed by atoms with van der Waals surface area (Å²) in [4.78, 5) is 19.1. The van der Waals surface area contributed by atoms with Gasteiger partial charge in [0.05, 0.1) is 29.7 Å². The Morgan fingerprint density at radius 2 is 2.00 bits per heavy atom. The van der Waals surface area contributed by atoms with Gasteiger partial charge in [-0.2, -0.15) is 5.10 Å². The van der Waals surface area contributed by atoms with Crippen LogP contribution < -0.4 is 4.90 Å². The third-order valence-electron chi connectivity index (χ3n) is 4.27. The summed E-state index contributed by atoms with van der Waals surface area (Å²) in [5.41, 5.74) is 3.69. The van der Waals surface area contributed by atoms with E-state index in [1.807, 2.05) is 41.4 Å². The fourth-order valence-corrected chi connectivity index (χ4v) is 3.09. The monoisotopic (exact) mass is 318 g/mol. The number of anilines is 1. The lowest BCUT2D eigenvalue weighted by molar-refractivity contribution is 0.0985. The Morgan fingerprint density at radius 1 is 1.12 bits per heavy atom. The topological polar surface area (TPSA) is 51.0 Å². The van der Waals surface area contributed by atoms with E-state index >= 15 is 0 Å². The fraction of sp³-hybridized carbons (Fsp3) is 0.211. The summed E-state index contributed by atoms with van der Waals surface area (Å²) in [6.45, 7) is 1.38. The average molecular weight is 318 g/mol. The van der Waals surface area contributed by atoms with Crippen molar-refractivity contribution in [3.8, 4) is 0 Å². The number of benzene rings is 1. The first-order valence-electron chi connectivity index (χ1n) is 8.13. The molecule has 0 radical (unpaired) electrons. The number of aryl methyl sites for hydroxylation is 1. The van der Waals surface area contributed by atoms with Gasteiger partial charge in [-0.15, -0.1) is 0 Å². The maximum Gasteiger partial charge on any atom is 0.261 e. The van der Waals surface area contributed by atoms with E-state index in [1.165, 1.54) is 0 Å². The lowest BCUT2D eigenvalue weighted by Crippen LogP contribution is -2.35. The largest absolute Gasteiger partial charge is 0.306 e. The van der Waals surface area contributed by atoms with Crippen LogP contribution in [0.2, 0.25) is 0 Å². The predicted molar refractivity (Wildman–Crippen MR) is 92.0 cm³/mol. The Labute approximate surface area is 140 Å². The number of hydrogen-bond acceptors (Lipinski definition) is 3. The first kappa shape index (κ1) is 14.6. The number of aromatic nitrogens is 3. The van der Waals surface area contributed by atoms with Crippen molar-refractivity contribution in [2.24, 2.45) is 0 Å². The van der Waals surface area contributed by atoms with Crippen LogP contribution in [0.1, 0.15) is 28.0 Å². The van der Waals surface area contributed by atoms with E-state index in [2.05, 4.69) is 22.2 Å². The van der Waals surface area contributed by atoms with Gasteiger partial charge in [-0.05, 0) is 30.5 Å². The van der Waals surface area contributed by atoms with Crippen LogP contribution in [-0.2, 0) is 13.0 Å². The van der Waals surface area contributed by atoms with Crippen molar-refractivity contribution in [3.63, 3.8) is 0 Å². The number of fused-ring (bicyclic) bond motifs is 1. The van der Waals surface area contributed by atoms with Crippen LogP contribution in [0.25, 0.3) is 0 Å². The average Bonchev–Trinajstić information content (AvgIpc) is 3.10. The molecule has 1 aromatic carbocycles. The highest BCUT2D eigenvalue weighted by Gasteiger charge is 2.24. The highest BCUT2D eigenvalue weighted by molar-refractivity contribution is 6.06. The summed E-state index contributed by atoms with van der Waals surface area (Å²) in [5, 5.41) is 4.34. The molecule has 4 rings (SSSR count). The van der Waals surface area contributed by atoms with Gasteiger partial charge in [-0.3, -0.25) is 14.5 Å². The molecule has 3 heterocycles. The normalized spacial score (nSPS) is 13.6. The minimum absolute atomic E-state index is 0.0109. The van der Waals surface area contributed by atoms with Crippen molar-refractivity contribution in [2.45, 2.75) is 19.4 Å². The second-order valence-corrected chi connectivity index (χ2v) is 5.94. The third-order valence-corrected chi connectivity index (χ3v) is 4.27. The molecule has 0 fully saturated rings. The van der Waals surface area contributed by atoms with Gasteiger partial charge in [-0.1, -0.05) is 30.3 Å². The number of carbonyl (C=O) groups is 1. The molecule has 0 saturated heterocycles. The van der Waals surface area contributed by atoms with E-state index in [1.54, 1.807) is 17.1 Å². The second-order valence-electron chi connectivity index (χ2n) is 5.94. The zero-order valence-corrected chi connectivity index (χ0v) is 13.3. The molecule has 0 unspecified atom stereocenters. The molecule has 1 aliphatic heterocycles. The molecular weight excluding hydrogens is 300 g/mol. The summed E-state index contributed by atoms with van der Waals surface area (Å²) < 4.78 is 1.80. The van der Waals surface area contributed by atoms with Crippen molar-refractivity contribution >= 4 is 11.6 Å². The zero-order chi connectivity index (χ0) is 16.4. The zero-order valence-electron chi connectivity index (χ0n) is 13.3. The van der Waals surface area contributed by atoms with Crippen LogP contribution in [-0.4, -0.2) is 27.2 Å². The number of carbonyl (C=O) groups excluding carboxylic acids is 1. The van der Waals surface area contributed by atoms with Gasteiger partial charge in [0.2, 0.25) is 0 Å². The second kappa shape index (κ2) is 6.28. The molecule has 3 aromatic rings. The van der Waals surface area contributed by atoms with Gasteiger partial charge >= 0.3 is 0 Å². The Bertz CT molecular complexity index is 857. The first-order chi connectivity index (χ1) is 11.8. The lowest BCUT2D eigenvalue weighted by Gasteiger charge is -2.28. The van der Waals surface area contributed by atoms with Gasteiger partial charge in [0.15, 0.2) is 0 Å². The van der Waals surface area contributed by atoms with E-state index < -0.39 is 0 Å². The van der Waals surface area contributed by atoms with E-state index in [0.717, 1.165) is 36.3 Å².